The normalized spacial score (nSPS) is 18.3. The fourth-order valence-electron chi connectivity index (χ4n) is 3.71. The second kappa shape index (κ2) is 7.01. The first kappa shape index (κ1) is 16.3. The first-order chi connectivity index (χ1) is 12.8. The average Bonchev–Trinajstić information content (AvgIpc) is 3.45. The van der Waals surface area contributed by atoms with Crippen molar-refractivity contribution >= 4 is 11.5 Å². The van der Waals surface area contributed by atoms with E-state index in [9.17, 15) is 4.79 Å². The van der Waals surface area contributed by atoms with E-state index in [4.69, 9.17) is 4.74 Å². The molecule has 2 atom stereocenters. The molecule has 0 N–H and O–H groups in total. The van der Waals surface area contributed by atoms with E-state index in [0.717, 1.165) is 27.8 Å². The molecule has 0 aliphatic heterocycles. The van der Waals surface area contributed by atoms with Gasteiger partial charge in [0.1, 0.15) is 0 Å². The van der Waals surface area contributed by atoms with Gasteiger partial charge >= 0.3 is 5.97 Å². The molecule has 4 rings (SSSR count). The van der Waals surface area contributed by atoms with Gasteiger partial charge in [-0.15, -0.1) is 0 Å². The zero-order valence-electron chi connectivity index (χ0n) is 14.6. The summed E-state index contributed by atoms with van der Waals surface area (Å²) in [5.41, 5.74) is 5.68. The van der Waals surface area contributed by atoms with Gasteiger partial charge in [0.25, 0.3) is 0 Å². The van der Waals surface area contributed by atoms with E-state index in [1.54, 1.807) is 0 Å². The van der Waals surface area contributed by atoms with Gasteiger partial charge in [-0.1, -0.05) is 91.0 Å². The molecule has 1 fully saturated rings. The van der Waals surface area contributed by atoms with E-state index in [1.165, 1.54) is 7.11 Å². The van der Waals surface area contributed by atoms with Gasteiger partial charge in [-0.05, 0) is 27.8 Å². The van der Waals surface area contributed by atoms with Crippen LogP contribution in [0.4, 0.5) is 0 Å². The van der Waals surface area contributed by atoms with Crippen molar-refractivity contribution in [2.45, 2.75) is 5.92 Å². The summed E-state index contributed by atoms with van der Waals surface area (Å²) in [5.74, 6) is -0.324. The summed E-state index contributed by atoms with van der Waals surface area (Å²) in [5, 5.41) is 0. The predicted molar refractivity (Wildman–Crippen MR) is 104 cm³/mol. The molecule has 0 heterocycles. The Balaban J connectivity index is 1.92. The highest BCUT2D eigenvalue weighted by Crippen LogP contribution is 2.58. The summed E-state index contributed by atoms with van der Waals surface area (Å²) in [4.78, 5) is 12.5. The Kier molecular flexibility index (Phi) is 4.40. The first-order valence-corrected chi connectivity index (χ1v) is 8.79. The lowest BCUT2D eigenvalue weighted by atomic mass is 9.95. The highest BCUT2D eigenvalue weighted by Gasteiger charge is 2.53. The van der Waals surface area contributed by atoms with Crippen molar-refractivity contribution < 1.29 is 9.53 Å². The van der Waals surface area contributed by atoms with E-state index in [2.05, 4.69) is 36.4 Å². The summed E-state index contributed by atoms with van der Waals surface area (Å²) in [6, 6.07) is 30.8. The van der Waals surface area contributed by atoms with E-state index < -0.39 is 0 Å². The second-order valence-corrected chi connectivity index (χ2v) is 6.45. The SMILES string of the molecule is COC(=O)[C@H]1C(=C(c2ccccc2)c2ccccc2)[C@@H]1c1ccccc1. The molecule has 1 saturated carbocycles. The summed E-state index contributed by atoms with van der Waals surface area (Å²) in [6.45, 7) is 0. The van der Waals surface area contributed by atoms with Crippen LogP contribution in [0.3, 0.4) is 0 Å². The molecule has 0 radical (unpaired) electrons. The quantitative estimate of drug-likeness (QED) is 0.620. The molecule has 0 saturated heterocycles. The molecule has 2 nitrogen and oxygen atoms in total. The van der Waals surface area contributed by atoms with Gasteiger partial charge in [-0.3, -0.25) is 4.79 Å². The minimum Gasteiger partial charge on any atom is -0.469 e. The van der Waals surface area contributed by atoms with Gasteiger partial charge in [-0.2, -0.15) is 0 Å². The first-order valence-electron chi connectivity index (χ1n) is 8.79. The number of benzene rings is 3. The van der Waals surface area contributed by atoms with Crippen LogP contribution in [-0.2, 0) is 9.53 Å². The third-order valence-electron chi connectivity index (χ3n) is 4.92. The molecule has 1 aliphatic carbocycles. The zero-order chi connectivity index (χ0) is 17.9. The third-order valence-corrected chi connectivity index (χ3v) is 4.92. The maximum absolute atomic E-state index is 12.5. The number of carbonyl (C=O) groups excluding carboxylic acids is 1. The topological polar surface area (TPSA) is 26.3 Å². The lowest BCUT2D eigenvalue weighted by Gasteiger charge is -2.09. The summed E-state index contributed by atoms with van der Waals surface area (Å²) in [6.07, 6.45) is 0. The van der Waals surface area contributed by atoms with E-state index in [0.29, 0.717) is 0 Å². The average molecular weight is 340 g/mol. The lowest BCUT2D eigenvalue weighted by Crippen LogP contribution is -2.04. The predicted octanol–water partition coefficient (Wildman–Crippen LogP) is 5.08. The Labute approximate surface area is 153 Å². The molecule has 0 amide bonds. The van der Waals surface area contributed by atoms with Crippen molar-refractivity contribution in [1.29, 1.82) is 0 Å². The summed E-state index contributed by atoms with van der Waals surface area (Å²) >= 11 is 0. The minimum absolute atomic E-state index is 0.0686. The molecule has 3 aromatic carbocycles. The number of ether oxygens (including phenoxy) is 1. The largest absolute Gasteiger partial charge is 0.469 e. The molecule has 3 aromatic rings. The van der Waals surface area contributed by atoms with Gasteiger partial charge in [0, 0.05) is 5.92 Å². The molecular weight excluding hydrogens is 320 g/mol. The zero-order valence-corrected chi connectivity index (χ0v) is 14.6. The Hall–Kier alpha value is -3.13. The maximum atomic E-state index is 12.5. The molecule has 128 valence electrons. The van der Waals surface area contributed by atoms with Crippen molar-refractivity contribution in [3.05, 3.63) is 113 Å². The third kappa shape index (κ3) is 2.95. The van der Waals surface area contributed by atoms with Crippen molar-refractivity contribution in [2.24, 2.45) is 5.92 Å². The van der Waals surface area contributed by atoms with Crippen LogP contribution < -0.4 is 0 Å². The van der Waals surface area contributed by atoms with Crippen LogP contribution in [0.5, 0.6) is 0 Å². The van der Waals surface area contributed by atoms with Crippen molar-refractivity contribution in [2.75, 3.05) is 7.11 Å². The number of hydrogen-bond acceptors (Lipinski definition) is 2. The molecule has 0 spiro atoms. The Morgan fingerprint density at radius 1 is 0.731 bits per heavy atom. The van der Waals surface area contributed by atoms with Crippen LogP contribution in [0.2, 0.25) is 0 Å². The number of methoxy groups -OCH3 is 1. The second-order valence-electron chi connectivity index (χ2n) is 6.45. The highest BCUT2D eigenvalue weighted by molar-refractivity contribution is 5.95. The minimum atomic E-state index is -0.224. The summed E-state index contributed by atoms with van der Waals surface area (Å²) < 4.78 is 5.10. The van der Waals surface area contributed by atoms with E-state index >= 15 is 0 Å². The van der Waals surface area contributed by atoms with Crippen LogP contribution in [-0.4, -0.2) is 13.1 Å². The standard InChI is InChI=1S/C24H20O2/c1-26-24(25)23-21(19-15-9-4-10-16-19)22(23)20(17-11-5-2-6-12-17)18-13-7-3-8-14-18/h2-16,21,23H,1H3/t21-,23+/m0/s1. The van der Waals surface area contributed by atoms with Crippen LogP contribution >= 0.6 is 0 Å². The number of hydrogen-bond donors (Lipinski definition) is 0. The van der Waals surface area contributed by atoms with Crippen molar-refractivity contribution in [3.8, 4) is 0 Å². The summed E-state index contributed by atoms with van der Waals surface area (Å²) in [7, 11) is 1.46. The molecule has 0 aromatic heterocycles. The Morgan fingerprint density at radius 2 is 1.19 bits per heavy atom. The van der Waals surface area contributed by atoms with Gasteiger partial charge in [-0.25, -0.2) is 0 Å². The van der Waals surface area contributed by atoms with Gasteiger partial charge < -0.3 is 4.74 Å². The van der Waals surface area contributed by atoms with Crippen molar-refractivity contribution in [1.82, 2.24) is 0 Å². The van der Waals surface area contributed by atoms with Crippen LogP contribution in [0.25, 0.3) is 5.57 Å². The van der Waals surface area contributed by atoms with E-state index in [-0.39, 0.29) is 17.8 Å². The number of rotatable bonds is 4. The Bertz CT molecular complexity index is 886. The van der Waals surface area contributed by atoms with E-state index in [1.807, 2.05) is 54.6 Å². The molecule has 0 bridgehead atoms. The number of esters is 1. The molecular formula is C24H20O2. The lowest BCUT2D eigenvalue weighted by molar-refractivity contribution is -0.141. The van der Waals surface area contributed by atoms with Gasteiger partial charge in [0.2, 0.25) is 0 Å². The van der Waals surface area contributed by atoms with Crippen LogP contribution in [0.1, 0.15) is 22.6 Å². The van der Waals surface area contributed by atoms with Gasteiger partial charge in [0.05, 0.1) is 13.0 Å². The highest BCUT2D eigenvalue weighted by atomic mass is 16.5. The van der Waals surface area contributed by atoms with Gasteiger partial charge in [0.15, 0.2) is 0 Å². The number of carbonyl (C=O) groups is 1. The molecule has 2 heteroatoms. The van der Waals surface area contributed by atoms with Crippen molar-refractivity contribution in [3.63, 3.8) is 0 Å². The maximum Gasteiger partial charge on any atom is 0.313 e. The van der Waals surface area contributed by atoms with Crippen LogP contribution in [0.15, 0.2) is 96.6 Å². The van der Waals surface area contributed by atoms with Crippen LogP contribution in [0, 0.1) is 5.92 Å². The molecule has 1 aliphatic rings. The molecule has 26 heavy (non-hydrogen) atoms. The fourth-order valence-corrected chi connectivity index (χ4v) is 3.71. The fraction of sp³-hybridized carbons (Fsp3) is 0.125. The smallest absolute Gasteiger partial charge is 0.313 e. The molecule has 0 unspecified atom stereocenters. The Morgan fingerprint density at radius 3 is 1.65 bits per heavy atom. The monoisotopic (exact) mass is 340 g/mol.